The van der Waals surface area contributed by atoms with Gasteiger partial charge in [0.05, 0.1) is 12.1 Å². The third-order valence-electron chi connectivity index (χ3n) is 4.87. The molecule has 0 atom stereocenters. The molecule has 9 heteroatoms. The second-order valence-electron chi connectivity index (χ2n) is 7.06. The molecule has 0 aliphatic carbocycles. The van der Waals surface area contributed by atoms with Crippen LogP contribution in [-0.2, 0) is 17.8 Å². The van der Waals surface area contributed by atoms with Crippen LogP contribution in [0.25, 0.3) is 0 Å². The first-order chi connectivity index (χ1) is 12.4. The van der Waals surface area contributed by atoms with E-state index in [1.807, 2.05) is 18.7 Å². The lowest BCUT2D eigenvalue weighted by atomic mass is 10.0. The summed E-state index contributed by atoms with van der Waals surface area (Å²) in [7, 11) is 3.41. The van der Waals surface area contributed by atoms with Crippen molar-refractivity contribution in [3.05, 3.63) is 21.8 Å². The molecule has 138 valence electrons. The van der Waals surface area contributed by atoms with E-state index in [1.165, 1.54) is 16.2 Å². The molecule has 0 saturated heterocycles. The van der Waals surface area contributed by atoms with Crippen molar-refractivity contribution >= 4 is 34.2 Å². The molecule has 0 unspecified atom stereocenters. The maximum absolute atomic E-state index is 12.8. The zero-order chi connectivity index (χ0) is 18.6. The van der Waals surface area contributed by atoms with Crippen LogP contribution in [0, 0.1) is 0 Å². The van der Waals surface area contributed by atoms with Gasteiger partial charge in [-0.15, -0.1) is 11.3 Å². The second kappa shape index (κ2) is 6.08. The molecular weight excluding hydrogens is 354 g/mol. The average Bonchev–Trinajstić information content (AvgIpc) is 3.22. The summed E-state index contributed by atoms with van der Waals surface area (Å²) in [5.74, 6) is 0.741. The molecule has 2 amide bonds. The van der Waals surface area contributed by atoms with Crippen molar-refractivity contribution in [1.29, 1.82) is 0 Å². The van der Waals surface area contributed by atoms with Gasteiger partial charge in [0.25, 0.3) is 5.91 Å². The van der Waals surface area contributed by atoms with E-state index in [4.69, 9.17) is 4.52 Å². The maximum Gasteiger partial charge on any atom is 0.324 e. The zero-order valence-corrected chi connectivity index (χ0v) is 16.1. The Bertz CT molecular complexity index is 887. The van der Waals surface area contributed by atoms with E-state index in [2.05, 4.69) is 10.1 Å². The van der Waals surface area contributed by atoms with Crippen LogP contribution in [0.1, 0.15) is 46.4 Å². The van der Waals surface area contributed by atoms with Crippen LogP contribution < -0.4 is 9.80 Å². The largest absolute Gasteiger partial charge is 0.332 e. The van der Waals surface area contributed by atoms with Crippen molar-refractivity contribution < 1.29 is 14.1 Å². The number of thiophene rings is 1. The lowest BCUT2D eigenvalue weighted by Crippen LogP contribution is -2.35. The van der Waals surface area contributed by atoms with E-state index in [-0.39, 0.29) is 24.3 Å². The van der Waals surface area contributed by atoms with Gasteiger partial charge in [0, 0.05) is 31.4 Å². The average molecular weight is 375 g/mol. The van der Waals surface area contributed by atoms with Crippen LogP contribution in [0.4, 0.5) is 11.0 Å². The predicted molar refractivity (Wildman–Crippen MR) is 97.8 cm³/mol. The Morgan fingerprint density at radius 2 is 1.96 bits per heavy atom. The molecular formula is C17H21N5O3S. The zero-order valence-electron chi connectivity index (χ0n) is 15.3. The van der Waals surface area contributed by atoms with Crippen LogP contribution in [0.2, 0.25) is 0 Å². The van der Waals surface area contributed by atoms with Gasteiger partial charge in [-0.3, -0.25) is 9.59 Å². The molecule has 0 spiro atoms. The van der Waals surface area contributed by atoms with Gasteiger partial charge in [0.1, 0.15) is 11.5 Å². The van der Waals surface area contributed by atoms with Gasteiger partial charge >= 0.3 is 6.01 Å². The number of carbonyl (C=O) groups excluding carboxylic acids is 2. The molecule has 2 aliphatic rings. The topological polar surface area (TPSA) is 82.8 Å². The number of rotatable bonds is 2. The Balaban J connectivity index is 1.69. The monoisotopic (exact) mass is 375 g/mol. The molecule has 0 radical (unpaired) electrons. The predicted octanol–water partition coefficient (Wildman–Crippen LogP) is 1.87. The van der Waals surface area contributed by atoms with Gasteiger partial charge in [-0.2, -0.15) is 4.98 Å². The van der Waals surface area contributed by atoms with Crippen molar-refractivity contribution in [1.82, 2.24) is 15.0 Å². The summed E-state index contributed by atoms with van der Waals surface area (Å²) in [4.78, 5) is 35.8. The first-order valence-corrected chi connectivity index (χ1v) is 9.43. The molecule has 2 aromatic rings. The molecule has 0 bridgehead atoms. The van der Waals surface area contributed by atoms with E-state index >= 15 is 0 Å². The molecule has 4 rings (SSSR count). The smallest absolute Gasteiger partial charge is 0.324 e. The lowest BCUT2D eigenvalue weighted by molar-refractivity contribution is -0.118. The fourth-order valence-electron chi connectivity index (χ4n) is 3.28. The van der Waals surface area contributed by atoms with E-state index in [9.17, 15) is 9.59 Å². The molecule has 0 saturated carbocycles. The van der Waals surface area contributed by atoms with Crippen LogP contribution in [0.3, 0.4) is 0 Å². The van der Waals surface area contributed by atoms with Crippen LogP contribution in [0.15, 0.2) is 4.52 Å². The van der Waals surface area contributed by atoms with E-state index in [0.717, 1.165) is 15.4 Å². The Morgan fingerprint density at radius 1 is 1.19 bits per heavy atom. The van der Waals surface area contributed by atoms with Crippen molar-refractivity contribution in [3.8, 4) is 0 Å². The van der Waals surface area contributed by atoms with Gasteiger partial charge in [-0.05, 0) is 12.0 Å². The third kappa shape index (κ3) is 2.57. The lowest BCUT2D eigenvalue weighted by Gasteiger charge is -2.25. The number of anilines is 2. The van der Waals surface area contributed by atoms with Crippen LogP contribution >= 0.6 is 11.3 Å². The van der Waals surface area contributed by atoms with Crippen molar-refractivity contribution in [3.63, 3.8) is 0 Å². The normalized spacial score (nSPS) is 17.7. The van der Waals surface area contributed by atoms with E-state index in [0.29, 0.717) is 36.9 Å². The quantitative estimate of drug-likeness (QED) is 0.797. The number of likely N-dealkylation sites (N-methyl/N-ethyl adjacent to an activating group) is 2. The molecule has 26 heavy (non-hydrogen) atoms. The number of aromatic nitrogens is 2. The highest BCUT2D eigenvalue weighted by atomic mass is 32.1. The summed E-state index contributed by atoms with van der Waals surface area (Å²) in [6.07, 6.45) is 0.710. The fraction of sp³-hybridized carbons (Fsp3) is 0.529. The Kier molecular flexibility index (Phi) is 3.98. The van der Waals surface area contributed by atoms with Gasteiger partial charge in [-0.1, -0.05) is 19.0 Å². The Hall–Kier alpha value is -2.42. The number of carbonyl (C=O) groups is 2. The summed E-state index contributed by atoms with van der Waals surface area (Å²) in [6, 6.07) is 0.510. The summed E-state index contributed by atoms with van der Waals surface area (Å²) in [6.45, 7) is 5.45. The van der Waals surface area contributed by atoms with Crippen molar-refractivity contribution in [2.45, 2.75) is 32.7 Å². The number of hydrogen-bond donors (Lipinski definition) is 0. The molecule has 2 aliphatic heterocycles. The van der Waals surface area contributed by atoms with Crippen molar-refractivity contribution in [2.24, 2.45) is 0 Å². The van der Waals surface area contributed by atoms with Crippen LogP contribution in [-0.4, -0.2) is 54.0 Å². The van der Waals surface area contributed by atoms with Gasteiger partial charge in [0.2, 0.25) is 5.91 Å². The molecule has 8 nitrogen and oxygen atoms in total. The summed E-state index contributed by atoms with van der Waals surface area (Å²) in [5.41, 5.74) is 1.72. The minimum absolute atomic E-state index is 0.0754. The minimum atomic E-state index is -0.0801. The van der Waals surface area contributed by atoms with Crippen molar-refractivity contribution in [2.75, 3.05) is 37.0 Å². The first kappa shape index (κ1) is 17.0. The third-order valence-corrected chi connectivity index (χ3v) is 6.16. The number of fused-ring (bicyclic) bond motifs is 3. The number of hydrogen-bond acceptors (Lipinski definition) is 7. The highest BCUT2D eigenvalue weighted by molar-refractivity contribution is 7.17. The number of amides is 2. The minimum Gasteiger partial charge on any atom is -0.332 e. The van der Waals surface area contributed by atoms with Gasteiger partial charge in [0.15, 0.2) is 5.82 Å². The first-order valence-electron chi connectivity index (χ1n) is 8.62. The van der Waals surface area contributed by atoms with Gasteiger partial charge in [-0.25, -0.2) is 0 Å². The van der Waals surface area contributed by atoms with Gasteiger partial charge < -0.3 is 19.2 Å². The highest BCUT2D eigenvalue weighted by Crippen LogP contribution is 2.41. The number of nitrogens with zero attached hydrogens (tertiary/aromatic N) is 5. The summed E-state index contributed by atoms with van der Waals surface area (Å²) >= 11 is 1.51. The summed E-state index contributed by atoms with van der Waals surface area (Å²) in [5, 5.41) is 4.77. The summed E-state index contributed by atoms with van der Waals surface area (Å²) < 4.78 is 5.41. The standard InChI is InChI=1S/C17H21N5O3S/c1-9(2)14-18-17(25-19-14)22-6-5-10-11(7-22)26-16-13(10)15(24)20(3)8-12(23)21(16)4/h9H,5-8H2,1-4H3. The Morgan fingerprint density at radius 3 is 2.65 bits per heavy atom. The molecule has 0 aromatic carbocycles. The molecule has 4 heterocycles. The molecule has 0 fully saturated rings. The molecule has 0 N–H and O–H groups in total. The van der Waals surface area contributed by atoms with E-state index in [1.54, 1.807) is 19.0 Å². The highest BCUT2D eigenvalue weighted by Gasteiger charge is 2.36. The SMILES string of the molecule is CC(C)c1noc(N2CCc3c(sc4c3C(=O)N(C)CC(=O)N4C)C2)n1. The van der Waals surface area contributed by atoms with Crippen LogP contribution in [0.5, 0.6) is 0 Å². The Labute approximate surface area is 155 Å². The van der Waals surface area contributed by atoms with E-state index < -0.39 is 0 Å². The second-order valence-corrected chi connectivity index (χ2v) is 8.14. The molecule has 2 aromatic heterocycles. The fourth-order valence-corrected chi connectivity index (χ4v) is 4.62. The maximum atomic E-state index is 12.8.